The molecule has 0 fully saturated rings. The van der Waals surface area contributed by atoms with Crippen molar-refractivity contribution in [1.29, 1.82) is 0 Å². The fourth-order valence-corrected chi connectivity index (χ4v) is 2.99. The second-order valence-electron chi connectivity index (χ2n) is 5.72. The van der Waals surface area contributed by atoms with E-state index in [1.165, 1.54) is 12.3 Å². The van der Waals surface area contributed by atoms with E-state index in [9.17, 15) is 13.2 Å². The van der Waals surface area contributed by atoms with Gasteiger partial charge >= 0.3 is 0 Å². The lowest BCUT2D eigenvalue weighted by Crippen LogP contribution is -2.09. The molecule has 0 spiro atoms. The maximum atomic E-state index is 14.2. The lowest BCUT2D eigenvalue weighted by molar-refractivity contribution is 0.448. The number of fused-ring (bicyclic) bond motifs is 1. The Labute approximate surface area is 146 Å². The fourth-order valence-electron chi connectivity index (χ4n) is 2.99. The highest BCUT2D eigenvalue weighted by Crippen LogP contribution is 2.25. The Bertz CT molecular complexity index is 1100. The van der Waals surface area contributed by atoms with Crippen molar-refractivity contribution in [3.05, 3.63) is 66.1 Å². The number of hydrogen-bond acceptors (Lipinski definition) is 3. The van der Waals surface area contributed by atoms with Crippen LogP contribution < -0.4 is 0 Å². The molecule has 0 unspecified atom stereocenters. The summed E-state index contributed by atoms with van der Waals surface area (Å²) in [7, 11) is 0. The summed E-state index contributed by atoms with van der Waals surface area (Å²) in [5, 5.41) is 0. The number of nitrogens with zero attached hydrogens (tertiary/aromatic N) is 5. The van der Waals surface area contributed by atoms with Crippen LogP contribution in [0, 0.1) is 17.5 Å². The van der Waals surface area contributed by atoms with Gasteiger partial charge in [-0.3, -0.25) is 0 Å². The third-order valence-corrected chi connectivity index (χ3v) is 4.20. The van der Waals surface area contributed by atoms with E-state index in [4.69, 9.17) is 0 Å². The maximum absolute atomic E-state index is 14.2. The molecule has 0 aliphatic carbocycles. The second kappa shape index (κ2) is 6.29. The SMILES string of the molecule is CCn1c(Cn2ccnc2-c2ccc(F)c(F)c2F)nc2cccnc21. The first-order valence-electron chi connectivity index (χ1n) is 8.05. The molecule has 0 radical (unpaired) electrons. The van der Waals surface area contributed by atoms with E-state index < -0.39 is 17.5 Å². The highest BCUT2D eigenvalue weighted by Gasteiger charge is 2.19. The molecule has 0 bridgehead atoms. The summed E-state index contributed by atoms with van der Waals surface area (Å²) in [4.78, 5) is 13.0. The third kappa shape index (κ3) is 2.54. The minimum absolute atomic E-state index is 0.105. The zero-order chi connectivity index (χ0) is 18.3. The molecule has 0 amide bonds. The largest absolute Gasteiger partial charge is 0.323 e. The number of aromatic nitrogens is 5. The molecule has 3 heterocycles. The van der Waals surface area contributed by atoms with Crippen LogP contribution in [0.3, 0.4) is 0 Å². The van der Waals surface area contributed by atoms with Crippen molar-refractivity contribution in [2.45, 2.75) is 20.0 Å². The zero-order valence-electron chi connectivity index (χ0n) is 13.8. The van der Waals surface area contributed by atoms with Crippen molar-refractivity contribution in [2.24, 2.45) is 0 Å². The van der Waals surface area contributed by atoms with E-state index in [0.717, 1.165) is 17.2 Å². The van der Waals surface area contributed by atoms with Gasteiger partial charge in [0.15, 0.2) is 23.1 Å². The van der Waals surface area contributed by atoms with Gasteiger partial charge in [-0.15, -0.1) is 0 Å². The van der Waals surface area contributed by atoms with Gasteiger partial charge in [0, 0.05) is 25.1 Å². The third-order valence-electron chi connectivity index (χ3n) is 4.20. The highest BCUT2D eigenvalue weighted by molar-refractivity contribution is 5.71. The van der Waals surface area contributed by atoms with Gasteiger partial charge in [0.2, 0.25) is 0 Å². The molecule has 4 aromatic rings. The number of benzene rings is 1. The zero-order valence-corrected chi connectivity index (χ0v) is 13.8. The Morgan fingerprint density at radius 3 is 2.65 bits per heavy atom. The van der Waals surface area contributed by atoms with Crippen LogP contribution in [0.1, 0.15) is 12.7 Å². The molecule has 0 saturated carbocycles. The van der Waals surface area contributed by atoms with Crippen LogP contribution in [0.25, 0.3) is 22.6 Å². The monoisotopic (exact) mass is 357 g/mol. The van der Waals surface area contributed by atoms with E-state index in [0.29, 0.717) is 12.4 Å². The van der Waals surface area contributed by atoms with Crippen molar-refractivity contribution < 1.29 is 13.2 Å². The molecule has 0 aliphatic rings. The highest BCUT2D eigenvalue weighted by atomic mass is 19.2. The molecule has 26 heavy (non-hydrogen) atoms. The first kappa shape index (κ1) is 16.3. The summed E-state index contributed by atoms with van der Waals surface area (Å²) < 4.78 is 44.5. The topological polar surface area (TPSA) is 48.5 Å². The standard InChI is InChI=1S/C18H14F3N5/c1-2-26-14(24-13-4-3-7-22-18(13)26)10-25-9-8-23-17(25)11-5-6-12(19)16(21)15(11)20/h3-9H,2,10H2,1H3. The maximum Gasteiger partial charge on any atom is 0.195 e. The lowest BCUT2D eigenvalue weighted by atomic mass is 10.2. The average Bonchev–Trinajstić information content (AvgIpc) is 3.24. The van der Waals surface area contributed by atoms with Gasteiger partial charge in [0.1, 0.15) is 17.2 Å². The Kier molecular flexibility index (Phi) is 3.95. The average molecular weight is 357 g/mol. The molecule has 5 nitrogen and oxygen atoms in total. The smallest absolute Gasteiger partial charge is 0.195 e. The van der Waals surface area contributed by atoms with Crippen LogP contribution in [0.15, 0.2) is 42.9 Å². The van der Waals surface area contributed by atoms with Gasteiger partial charge in [0.05, 0.1) is 12.1 Å². The summed E-state index contributed by atoms with van der Waals surface area (Å²) in [5.74, 6) is -3.10. The summed E-state index contributed by atoms with van der Waals surface area (Å²) >= 11 is 0. The van der Waals surface area contributed by atoms with E-state index >= 15 is 0 Å². The predicted molar refractivity (Wildman–Crippen MR) is 89.8 cm³/mol. The molecule has 1 aromatic carbocycles. The number of imidazole rings is 2. The molecule has 132 valence electrons. The van der Waals surface area contributed by atoms with Gasteiger partial charge in [-0.05, 0) is 31.2 Å². The van der Waals surface area contributed by atoms with Gasteiger partial charge in [0.25, 0.3) is 0 Å². The predicted octanol–water partition coefficient (Wildman–Crippen LogP) is 3.78. The number of hydrogen-bond donors (Lipinski definition) is 0. The molecule has 3 aromatic heterocycles. The first-order chi connectivity index (χ1) is 12.6. The summed E-state index contributed by atoms with van der Waals surface area (Å²) in [6.45, 7) is 2.92. The summed E-state index contributed by atoms with van der Waals surface area (Å²) in [5.41, 5.74) is 1.40. The minimum atomic E-state index is -1.51. The lowest BCUT2D eigenvalue weighted by Gasteiger charge is -2.10. The first-order valence-corrected chi connectivity index (χ1v) is 8.05. The van der Waals surface area contributed by atoms with Crippen molar-refractivity contribution in [2.75, 3.05) is 0 Å². The van der Waals surface area contributed by atoms with Crippen molar-refractivity contribution in [3.8, 4) is 11.4 Å². The Morgan fingerprint density at radius 2 is 1.85 bits per heavy atom. The van der Waals surface area contributed by atoms with E-state index in [2.05, 4.69) is 15.0 Å². The van der Waals surface area contributed by atoms with E-state index in [1.54, 1.807) is 23.0 Å². The Hall–Kier alpha value is -3.16. The second-order valence-corrected chi connectivity index (χ2v) is 5.72. The molecule has 0 atom stereocenters. The number of aryl methyl sites for hydroxylation is 1. The molecular formula is C18H14F3N5. The van der Waals surface area contributed by atoms with Crippen LogP contribution in [0.4, 0.5) is 13.2 Å². The van der Waals surface area contributed by atoms with Crippen molar-refractivity contribution >= 4 is 11.2 Å². The Morgan fingerprint density at radius 1 is 1.00 bits per heavy atom. The number of pyridine rings is 1. The van der Waals surface area contributed by atoms with Crippen molar-refractivity contribution in [3.63, 3.8) is 0 Å². The number of halogens is 3. The summed E-state index contributed by atoms with van der Waals surface area (Å²) in [6.07, 6.45) is 4.81. The van der Waals surface area contributed by atoms with Crippen LogP contribution >= 0.6 is 0 Å². The van der Waals surface area contributed by atoms with Gasteiger partial charge in [-0.1, -0.05) is 0 Å². The van der Waals surface area contributed by atoms with Crippen LogP contribution in [0.5, 0.6) is 0 Å². The molecular weight excluding hydrogens is 343 g/mol. The summed E-state index contributed by atoms with van der Waals surface area (Å²) in [6, 6.07) is 5.73. The van der Waals surface area contributed by atoms with Crippen LogP contribution in [-0.4, -0.2) is 24.1 Å². The molecule has 8 heteroatoms. The van der Waals surface area contributed by atoms with Crippen LogP contribution in [0.2, 0.25) is 0 Å². The van der Waals surface area contributed by atoms with E-state index in [-0.39, 0.29) is 17.9 Å². The van der Waals surface area contributed by atoms with Crippen LogP contribution in [-0.2, 0) is 13.1 Å². The number of rotatable bonds is 4. The van der Waals surface area contributed by atoms with Gasteiger partial charge in [-0.25, -0.2) is 28.1 Å². The fraction of sp³-hybridized carbons (Fsp3) is 0.167. The normalized spacial score (nSPS) is 11.4. The minimum Gasteiger partial charge on any atom is -0.323 e. The van der Waals surface area contributed by atoms with E-state index in [1.807, 2.05) is 17.6 Å². The molecule has 4 rings (SSSR count). The molecule has 0 N–H and O–H groups in total. The van der Waals surface area contributed by atoms with Crippen molar-refractivity contribution in [1.82, 2.24) is 24.1 Å². The molecule has 0 saturated heterocycles. The van der Waals surface area contributed by atoms with Gasteiger partial charge in [-0.2, -0.15) is 0 Å². The quantitative estimate of drug-likeness (QED) is 0.522. The van der Waals surface area contributed by atoms with Gasteiger partial charge < -0.3 is 9.13 Å². The molecule has 0 aliphatic heterocycles. The Balaban J connectivity index is 1.79.